The Morgan fingerprint density at radius 3 is 2.52 bits per heavy atom. The molecule has 256 valence electrons. The van der Waals surface area contributed by atoms with E-state index in [2.05, 4.69) is 130 Å². The van der Waals surface area contributed by atoms with Crippen molar-refractivity contribution >= 4 is 55.9 Å². The molecule has 0 amide bonds. The molecule has 0 unspecified atom stereocenters. The van der Waals surface area contributed by atoms with Gasteiger partial charge in [0.25, 0.3) is 0 Å². The summed E-state index contributed by atoms with van der Waals surface area (Å²) in [5.41, 5.74) is 14.5. The van der Waals surface area contributed by atoms with Crippen molar-refractivity contribution < 1.29 is 4.42 Å². The highest BCUT2D eigenvalue weighted by molar-refractivity contribution is 14.1. The van der Waals surface area contributed by atoms with E-state index in [1.54, 1.807) is 6.08 Å². The second-order valence-electron chi connectivity index (χ2n) is 13.4. The van der Waals surface area contributed by atoms with Crippen LogP contribution in [0.4, 0.5) is 5.69 Å². The molecule has 0 aliphatic heterocycles. The Labute approximate surface area is 311 Å². The number of benzene rings is 3. The van der Waals surface area contributed by atoms with E-state index in [0.717, 1.165) is 99.1 Å². The van der Waals surface area contributed by atoms with E-state index in [-0.39, 0.29) is 0 Å². The minimum atomic E-state index is 0.319. The highest BCUT2D eigenvalue weighted by Gasteiger charge is 2.25. The molecule has 50 heavy (non-hydrogen) atoms. The molecule has 1 aliphatic rings. The van der Waals surface area contributed by atoms with Crippen LogP contribution in [0.1, 0.15) is 95.4 Å². The summed E-state index contributed by atoms with van der Waals surface area (Å²) >= 11 is 2.52. The van der Waals surface area contributed by atoms with Crippen LogP contribution in [0.3, 0.4) is 0 Å². The van der Waals surface area contributed by atoms with E-state index >= 15 is 0 Å². The van der Waals surface area contributed by atoms with Crippen LogP contribution in [0, 0.1) is 10.5 Å². The van der Waals surface area contributed by atoms with E-state index in [9.17, 15) is 0 Å². The quantitative estimate of drug-likeness (QED) is 0.0956. The molecule has 0 bridgehead atoms. The normalized spacial score (nSPS) is 14.3. The lowest BCUT2D eigenvalue weighted by Gasteiger charge is -2.23. The number of hydrogen-bond acceptors (Lipinski definition) is 4. The van der Waals surface area contributed by atoms with E-state index < -0.39 is 0 Å². The third kappa shape index (κ3) is 7.29. The number of hydrogen-bond donors (Lipinski definition) is 1. The molecule has 5 heteroatoms. The minimum absolute atomic E-state index is 0.319. The summed E-state index contributed by atoms with van der Waals surface area (Å²) in [6.45, 7) is 14.9. The van der Waals surface area contributed by atoms with Crippen molar-refractivity contribution in [3.63, 3.8) is 0 Å². The average Bonchev–Trinajstić information content (AvgIpc) is 3.50. The van der Waals surface area contributed by atoms with Crippen LogP contribution >= 0.6 is 22.6 Å². The Bertz CT molecular complexity index is 2160. The Balaban J connectivity index is 1.53. The molecule has 2 heterocycles. The Hall–Kier alpha value is -4.23. The van der Waals surface area contributed by atoms with Crippen molar-refractivity contribution in [3.8, 4) is 22.5 Å². The fourth-order valence-corrected chi connectivity index (χ4v) is 8.10. The molecular weight excluding hydrogens is 725 g/mol. The molecule has 0 saturated heterocycles. The fraction of sp³-hybridized carbons (Fsp3) is 0.289. The largest absolute Gasteiger partial charge is 0.452 e. The highest BCUT2D eigenvalue weighted by Crippen LogP contribution is 2.43. The maximum Gasteiger partial charge on any atom is 0.175 e. The number of rotatable bonds is 13. The van der Waals surface area contributed by atoms with E-state index in [1.807, 2.05) is 24.3 Å². The van der Waals surface area contributed by atoms with Gasteiger partial charge >= 0.3 is 0 Å². The van der Waals surface area contributed by atoms with Crippen LogP contribution in [0.2, 0.25) is 0 Å². The molecule has 0 fully saturated rings. The second-order valence-corrected chi connectivity index (χ2v) is 14.4. The molecule has 0 saturated carbocycles. The van der Waals surface area contributed by atoms with E-state index in [1.165, 1.54) is 33.4 Å². The number of para-hydroxylation sites is 1. The molecule has 0 spiro atoms. The molecule has 1 atom stereocenters. The Morgan fingerprint density at radius 1 is 0.940 bits per heavy atom. The summed E-state index contributed by atoms with van der Waals surface area (Å²) in [7, 11) is 0. The second kappa shape index (κ2) is 16.2. The lowest BCUT2D eigenvalue weighted by Crippen LogP contribution is -2.06. The monoisotopic (exact) mass is 773 g/mol. The zero-order valence-corrected chi connectivity index (χ0v) is 32.2. The first-order valence-electron chi connectivity index (χ1n) is 18.1. The van der Waals surface area contributed by atoms with Crippen LogP contribution in [0.15, 0.2) is 113 Å². The number of anilines is 1. The van der Waals surface area contributed by atoms with Gasteiger partial charge in [-0.05, 0) is 115 Å². The predicted molar refractivity (Wildman–Crippen MR) is 222 cm³/mol. The molecule has 1 aliphatic carbocycles. The topological polar surface area (TPSA) is 51.0 Å². The summed E-state index contributed by atoms with van der Waals surface area (Å²) in [5.74, 6) is 1.08. The van der Waals surface area contributed by atoms with Gasteiger partial charge < -0.3 is 9.73 Å². The first-order valence-corrected chi connectivity index (χ1v) is 19.2. The van der Waals surface area contributed by atoms with Crippen molar-refractivity contribution in [1.82, 2.24) is 9.97 Å². The minimum Gasteiger partial charge on any atom is -0.452 e. The van der Waals surface area contributed by atoms with Gasteiger partial charge in [-0.25, -0.2) is 9.97 Å². The number of nitrogens with zero attached hydrogens (tertiary/aromatic N) is 2. The summed E-state index contributed by atoms with van der Waals surface area (Å²) in [6.07, 6.45) is 20.1. The van der Waals surface area contributed by atoms with Crippen LogP contribution in [-0.2, 0) is 0 Å². The third-order valence-corrected chi connectivity index (χ3v) is 11.0. The smallest absolute Gasteiger partial charge is 0.175 e. The number of nitrogens with one attached hydrogen (secondary N) is 1. The molecule has 4 nitrogen and oxygen atoms in total. The Kier molecular flexibility index (Phi) is 11.5. The van der Waals surface area contributed by atoms with Gasteiger partial charge in [-0.2, -0.15) is 0 Å². The van der Waals surface area contributed by atoms with Crippen LogP contribution < -0.4 is 5.32 Å². The van der Waals surface area contributed by atoms with Gasteiger partial charge in [-0.3, -0.25) is 0 Å². The lowest BCUT2D eigenvalue weighted by molar-refractivity contribution is 0.523. The van der Waals surface area contributed by atoms with Crippen LogP contribution in [-0.4, -0.2) is 9.97 Å². The molecule has 1 N–H and O–H groups in total. The molecular formula is C45H48IN3O. The van der Waals surface area contributed by atoms with E-state index in [4.69, 9.17) is 14.4 Å². The van der Waals surface area contributed by atoms with Crippen molar-refractivity contribution in [2.24, 2.45) is 0 Å². The number of fused-ring (bicyclic) bond motifs is 3. The molecule has 5 aromatic rings. The fourth-order valence-electron chi connectivity index (χ4n) is 7.20. The van der Waals surface area contributed by atoms with Crippen molar-refractivity contribution in [3.05, 3.63) is 129 Å². The maximum atomic E-state index is 6.51. The van der Waals surface area contributed by atoms with Crippen molar-refractivity contribution in [2.75, 3.05) is 5.32 Å². The zero-order valence-electron chi connectivity index (χ0n) is 30.1. The summed E-state index contributed by atoms with van der Waals surface area (Å²) in [4.78, 5) is 10.6. The SMILES string of the molecule is C=C/C=C\C=C(/C)Nc1c(C2=C(C)C=CCC2)ccc(-c2cccc(-c3nc([C@@H](CCC)CCCC)c4oc5ccccc5c4n3)c2I)c1C. The average molecular weight is 774 g/mol. The van der Waals surface area contributed by atoms with Gasteiger partial charge in [0.1, 0.15) is 11.1 Å². The maximum absolute atomic E-state index is 6.51. The van der Waals surface area contributed by atoms with Crippen molar-refractivity contribution in [1.29, 1.82) is 0 Å². The summed E-state index contributed by atoms with van der Waals surface area (Å²) in [6, 6.07) is 19.4. The highest BCUT2D eigenvalue weighted by atomic mass is 127. The number of furan rings is 1. The van der Waals surface area contributed by atoms with Gasteiger partial charge in [-0.1, -0.05) is 113 Å². The molecule has 3 aromatic carbocycles. The summed E-state index contributed by atoms with van der Waals surface area (Å²) < 4.78 is 7.65. The van der Waals surface area contributed by atoms with Gasteiger partial charge in [-0.15, -0.1) is 0 Å². The molecule has 2 aromatic heterocycles. The first kappa shape index (κ1) is 35.6. The van der Waals surface area contributed by atoms with Gasteiger partial charge in [0, 0.05) is 37.4 Å². The van der Waals surface area contributed by atoms with Gasteiger partial charge in [0.15, 0.2) is 11.4 Å². The number of halogens is 1. The van der Waals surface area contributed by atoms with E-state index in [0.29, 0.717) is 5.92 Å². The first-order chi connectivity index (χ1) is 24.4. The van der Waals surface area contributed by atoms with Gasteiger partial charge in [0.05, 0.1) is 5.69 Å². The zero-order chi connectivity index (χ0) is 35.2. The lowest BCUT2D eigenvalue weighted by atomic mass is 9.87. The standard InChI is InChI=1S/C45H48IN3O/c1-7-10-12-20-30(5)47-41-31(6)34(27-28-36(41)33-22-14-13-19-29(33)4)35-24-17-25-38(40(35)46)45-48-42(32(18-9-3)21-11-8-2)44-43(49-45)37-23-15-16-26-39(37)50-44/h7,10,12-13,15-17,19-20,23-28,32,47H,1,8-9,11,14,18,21-22H2,2-6H3/b12-10-,30-20+/t32-/m0/s1. The predicted octanol–water partition coefficient (Wildman–Crippen LogP) is 13.9. The third-order valence-electron chi connectivity index (χ3n) is 9.82. The van der Waals surface area contributed by atoms with Crippen LogP contribution in [0.25, 0.3) is 50.2 Å². The number of allylic oxidation sites excluding steroid dienone is 9. The number of unbranched alkanes of at least 4 members (excludes halogenated alkanes) is 1. The number of aromatic nitrogens is 2. The summed E-state index contributed by atoms with van der Waals surface area (Å²) in [5, 5.41) is 4.84. The molecule has 6 rings (SSSR count). The van der Waals surface area contributed by atoms with Crippen molar-refractivity contribution in [2.45, 2.75) is 85.5 Å². The Morgan fingerprint density at radius 2 is 1.74 bits per heavy atom. The van der Waals surface area contributed by atoms with Gasteiger partial charge in [0.2, 0.25) is 0 Å². The van der Waals surface area contributed by atoms with Crippen LogP contribution in [0.5, 0.6) is 0 Å². The molecule has 0 radical (unpaired) electrons.